The van der Waals surface area contributed by atoms with Gasteiger partial charge in [0.05, 0.1) is 10.6 Å². The van der Waals surface area contributed by atoms with E-state index in [9.17, 15) is 8.42 Å². The van der Waals surface area contributed by atoms with Crippen LogP contribution in [0.15, 0.2) is 16.3 Å². The van der Waals surface area contributed by atoms with E-state index in [1.165, 1.54) is 35.5 Å². The van der Waals surface area contributed by atoms with Gasteiger partial charge in [0.1, 0.15) is 0 Å². The molecule has 0 amide bonds. The fourth-order valence-corrected chi connectivity index (χ4v) is 5.09. The van der Waals surface area contributed by atoms with Crippen molar-refractivity contribution in [2.75, 3.05) is 4.72 Å². The lowest BCUT2D eigenvalue weighted by Gasteiger charge is -2.02. The number of thiazole rings is 1. The van der Waals surface area contributed by atoms with Crippen molar-refractivity contribution in [2.45, 2.75) is 44.2 Å². The van der Waals surface area contributed by atoms with E-state index < -0.39 is 10.0 Å². The molecule has 0 bridgehead atoms. The molecule has 2 N–H and O–H groups in total. The topological polar surface area (TPSA) is 71.1 Å². The Bertz CT molecular complexity index is 725. The van der Waals surface area contributed by atoms with E-state index in [-0.39, 0.29) is 0 Å². The van der Waals surface area contributed by atoms with E-state index in [4.69, 9.17) is 0 Å². The van der Waals surface area contributed by atoms with Crippen LogP contribution in [-0.4, -0.2) is 19.4 Å². The highest BCUT2D eigenvalue weighted by Crippen LogP contribution is 2.27. The summed E-state index contributed by atoms with van der Waals surface area (Å²) in [6.07, 6.45) is 2.45. The molecule has 0 aromatic carbocycles. The van der Waals surface area contributed by atoms with Gasteiger partial charge in [0.25, 0.3) is 10.0 Å². The van der Waals surface area contributed by atoms with Gasteiger partial charge in [-0.2, -0.15) is 0 Å². The Hall–Kier alpha value is -0.960. The summed E-state index contributed by atoms with van der Waals surface area (Å²) in [5.41, 5.74) is 0.859. The minimum absolute atomic E-state index is 0.311. The van der Waals surface area contributed by atoms with Crippen molar-refractivity contribution in [3.8, 4) is 0 Å². The van der Waals surface area contributed by atoms with Crippen molar-refractivity contribution in [1.29, 1.82) is 0 Å². The van der Waals surface area contributed by atoms with Gasteiger partial charge in [-0.15, -0.1) is 22.7 Å². The first-order valence-electron chi connectivity index (χ1n) is 6.72. The third-order valence-corrected chi connectivity index (χ3v) is 6.85. The number of rotatable bonds is 6. The predicted molar refractivity (Wildman–Crippen MR) is 86.6 cm³/mol. The summed E-state index contributed by atoms with van der Waals surface area (Å²) in [5.74, 6) is 0. The zero-order valence-corrected chi connectivity index (χ0v) is 14.3. The molecule has 1 fully saturated rings. The van der Waals surface area contributed by atoms with E-state index in [2.05, 4.69) is 15.0 Å². The number of aromatic nitrogens is 1. The van der Waals surface area contributed by atoms with Crippen molar-refractivity contribution < 1.29 is 8.42 Å². The van der Waals surface area contributed by atoms with Crippen LogP contribution in [0.1, 0.15) is 28.3 Å². The molecule has 2 aromatic heterocycles. The largest absolute Gasteiger partial charge is 0.309 e. The van der Waals surface area contributed by atoms with Crippen LogP contribution >= 0.6 is 22.7 Å². The molecule has 5 nitrogen and oxygen atoms in total. The van der Waals surface area contributed by atoms with Gasteiger partial charge in [0, 0.05) is 27.7 Å². The number of anilines is 1. The number of aryl methyl sites for hydroxylation is 2. The molecule has 0 saturated heterocycles. The number of nitrogens with zero attached hydrogens (tertiary/aromatic N) is 1. The summed E-state index contributed by atoms with van der Waals surface area (Å²) in [6, 6.07) is 2.35. The van der Waals surface area contributed by atoms with Gasteiger partial charge < -0.3 is 5.32 Å². The van der Waals surface area contributed by atoms with E-state index in [1.54, 1.807) is 11.4 Å². The second-order valence-corrected chi connectivity index (χ2v) is 9.05. The van der Waals surface area contributed by atoms with Gasteiger partial charge in [-0.3, -0.25) is 4.72 Å². The Balaban J connectivity index is 1.71. The van der Waals surface area contributed by atoms with Gasteiger partial charge in [0.15, 0.2) is 5.13 Å². The Morgan fingerprint density at radius 1 is 1.38 bits per heavy atom. The lowest BCUT2D eigenvalue weighted by atomic mass is 10.4. The maximum Gasteiger partial charge on any atom is 0.264 e. The average Bonchev–Trinajstić information content (AvgIpc) is 3.01. The minimum Gasteiger partial charge on any atom is -0.309 e. The van der Waals surface area contributed by atoms with Crippen molar-refractivity contribution in [1.82, 2.24) is 10.3 Å². The lowest BCUT2D eigenvalue weighted by molar-refractivity contribution is 0.601. The third kappa shape index (κ3) is 3.63. The monoisotopic (exact) mass is 343 g/mol. The standard InChI is InChI=1S/C13H17N3O2S3/c1-8-9(2)20-13(15-8)16-21(17,18)12-5-11(19-7-12)6-14-10-3-4-10/h5,7,10,14H,3-4,6H2,1-2H3,(H,15,16). The molecule has 2 aromatic rings. The van der Waals surface area contributed by atoms with Crippen molar-refractivity contribution in [3.63, 3.8) is 0 Å². The van der Waals surface area contributed by atoms with Crippen LogP contribution in [0.3, 0.4) is 0 Å². The molecule has 3 rings (SSSR count). The summed E-state index contributed by atoms with van der Waals surface area (Å²) in [7, 11) is -3.54. The van der Waals surface area contributed by atoms with Crippen LogP contribution in [-0.2, 0) is 16.6 Å². The van der Waals surface area contributed by atoms with Crippen LogP contribution < -0.4 is 10.0 Å². The van der Waals surface area contributed by atoms with Crippen LogP contribution in [0, 0.1) is 13.8 Å². The predicted octanol–water partition coefficient (Wildman–Crippen LogP) is 2.87. The maximum atomic E-state index is 12.3. The van der Waals surface area contributed by atoms with Gasteiger partial charge in [0.2, 0.25) is 0 Å². The summed E-state index contributed by atoms with van der Waals surface area (Å²) in [5, 5.41) is 5.49. The first kappa shape index (κ1) is 15.0. The SMILES string of the molecule is Cc1nc(NS(=O)(=O)c2csc(CNC3CC3)c2)sc1C. The molecular formula is C13H17N3O2S3. The summed E-state index contributed by atoms with van der Waals surface area (Å²) in [6.45, 7) is 4.53. The normalized spacial score (nSPS) is 15.3. The number of sulfonamides is 1. The molecule has 1 aliphatic rings. The zero-order valence-electron chi connectivity index (χ0n) is 11.8. The Labute approximate surface area is 132 Å². The Kier molecular flexibility index (Phi) is 4.04. The lowest BCUT2D eigenvalue weighted by Crippen LogP contribution is -2.14. The highest BCUT2D eigenvalue weighted by atomic mass is 32.2. The first-order valence-corrected chi connectivity index (χ1v) is 9.89. The molecule has 2 heterocycles. The van der Waals surface area contributed by atoms with E-state index in [0.717, 1.165) is 22.0 Å². The quantitative estimate of drug-likeness (QED) is 0.846. The van der Waals surface area contributed by atoms with Crippen molar-refractivity contribution in [2.24, 2.45) is 0 Å². The second-order valence-electron chi connectivity index (χ2n) is 5.17. The molecule has 21 heavy (non-hydrogen) atoms. The fourth-order valence-electron chi connectivity index (χ4n) is 1.82. The summed E-state index contributed by atoms with van der Waals surface area (Å²) >= 11 is 2.82. The van der Waals surface area contributed by atoms with Crippen molar-refractivity contribution in [3.05, 3.63) is 26.9 Å². The molecule has 0 unspecified atom stereocenters. The molecule has 1 aliphatic carbocycles. The van der Waals surface area contributed by atoms with Gasteiger partial charge in [-0.1, -0.05) is 0 Å². The highest BCUT2D eigenvalue weighted by Gasteiger charge is 2.22. The summed E-state index contributed by atoms with van der Waals surface area (Å²) in [4.78, 5) is 6.58. The Morgan fingerprint density at radius 3 is 2.76 bits per heavy atom. The Morgan fingerprint density at radius 2 is 2.14 bits per heavy atom. The summed E-state index contributed by atoms with van der Waals surface area (Å²) < 4.78 is 27.2. The van der Waals surface area contributed by atoms with Crippen LogP contribution in [0.5, 0.6) is 0 Å². The van der Waals surface area contributed by atoms with Crippen LogP contribution in [0.25, 0.3) is 0 Å². The molecule has 8 heteroatoms. The van der Waals surface area contributed by atoms with Gasteiger partial charge in [-0.25, -0.2) is 13.4 Å². The number of nitrogens with one attached hydrogen (secondary N) is 2. The number of thiophene rings is 1. The molecule has 0 atom stereocenters. The average molecular weight is 343 g/mol. The van der Waals surface area contributed by atoms with E-state index >= 15 is 0 Å². The first-order chi connectivity index (χ1) is 9.94. The van der Waals surface area contributed by atoms with Crippen LogP contribution in [0.4, 0.5) is 5.13 Å². The van der Waals surface area contributed by atoms with E-state index in [1.807, 2.05) is 13.8 Å². The molecule has 114 valence electrons. The molecule has 0 radical (unpaired) electrons. The maximum absolute atomic E-state index is 12.3. The van der Waals surface area contributed by atoms with Gasteiger partial charge in [-0.05, 0) is 32.8 Å². The smallest absolute Gasteiger partial charge is 0.264 e. The number of hydrogen-bond acceptors (Lipinski definition) is 6. The fraction of sp³-hybridized carbons (Fsp3) is 0.462. The minimum atomic E-state index is -3.54. The molecule has 0 spiro atoms. The molecular weight excluding hydrogens is 326 g/mol. The van der Waals surface area contributed by atoms with Crippen molar-refractivity contribution >= 4 is 37.8 Å². The van der Waals surface area contributed by atoms with Crippen LogP contribution in [0.2, 0.25) is 0 Å². The van der Waals surface area contributed by atoms with Gasteiger partial charge >= 0.3 is 0 Å². The third-order valence-electron chi connectivity index (χ3n) is 3.33. The number of hydrogen-bond donors (Lipinski definition) is 2. The zero-order chi connectivity index (χ0) is 15.0. The molecule has 1 saturated carbocycles. The van der Waals surface area contributed by atoms with E-state index in [0.29, 0.717) is 16.1 Å². The molecule has 0 aliphatic heterocycles. The second kappa shape index (κ2) is 5.68. The highest BCUT2D eigenvalue weighted by molar-refractivity contribution is 7.93.